The van der Waals surface area contributed by atoms with Crippen LogP contribution in [0, 0.1) is 12.8 Å². The molecule has 0 aliphatic rings. The maximum absolute atomic E-state index is 13.9. The van der Waals surface area contributed by atoms with E-state index in [1.54, 1.807) is 4.90 Å². The molecule has 0 aliphatic heterocycles. The van der Waals surface area contributed by atoms with Crippen LogP contribution in [0.3, 0.4) is 0 Å². The van der Waals surface area contributed by atoms with Gasteiger partial charge in [0, 0.05) is 25.9 Å². The normalized spacial score (nSPS) is 11.9. The number of carbonyl (C=O) groups excluding carboxylic acids is 2. The standard InChI is InChI=1S/C34H38N2O2/c1-25(2)23-35-34(38)32(22-27-10-5-4-6-11-27)36(24-28-18-16-26(3)17-19-28)33(37)21-20-30-14-9-13-29-12-7-8-15-31(29)30/h4-19,25,32H,20-24H2,1-3H3,(H,35,38). The van der Waals surface area contributed by atoms with Crippen LogP contribution < -0.4 is 5.32 Å². The summed E-state index contributed by atoms with van der Waals surface area (Å²) in [6.07, 6.45) is 1.43. The lowest BCUT2D eigenvalue weighted by atomic mass is 9.99. The third-order valence-electron chi connectivity index (χ3n) is 6.92. The number of amides is 2. The molecule has 2 amide bonds. The number of benzene rings is 4. The number of nitrogens with zero attached hydrogens (tertiary/aromatic N) is 1. The first-order valence-electron chi connectivity index (χ1n) is 13.5. The van der Waals surface area contributed by atoms with Crippen molar-refractivity contribution in [3.63, 3.8) is 0 Å². The molecule has 0 bridgehead atoms. The van der Waals surface area contributed by atoms with Gasteiger partial charge in [-0.15, -0.1) is 0 Å². The van der Waals surface area contributed by atoms with Gasteiger partial charge in [0.05, 0.1) is 0 Å². The van der Waals surface area contributed by atoms with Gasteiger partial charge in [-0.05, 0) is 46.7 Å². The van der Waals surface area contributed by atoms with Crippen LogP contribution in [0.2, 0.25) is 0 Å². The molecule has 0 fully saturated rings. The number of fused-ring (bicyclic) bond motifs is 1. The Morgan fingerprint density at radius 3 is 2.21 bits per heavy atom. The van der Waals surface area contributed by atoms with Crippen molar-refractivity contribution in [1.82, 2.24) is 10.2 Å². The van der Waals surface area contributed by atoms with Crippen molar-refractivity contribution >= 4 is 22.6 Å². The first kappa shape index (κ1) is 27.1. The minimum absolute atomic E-state index is 0.0147. The monoisotopic (exact) mass is 506 g/mol. The lowest BCUT2D eigenvalue weighted by Crippen LogP contribution is -2.51. The Labute approximate surface area is 226 Å². The summed E-state index contributed by atoms with van der Waals surface area (Å²) < 4.78 is 0. The highest BCUT2D eigenvalue weighted by Gasteiger charge is 2.30. The second-order valence-corrected chi connectivity index (χ2v) is 10.5. The molecule has 4 aromatic carbocycles. The number of aryl methyl sites for hydroxylation is 2. The maximum atomic E-state index is 13.9. The van der Waals surface area contributed by atoms with Crippen LogP contribution >= 0.6 is 0 Å². The summed E-state index contributed by atoms with van der Waals surface area (Å²) in [4.78, 5) is 29.3. The van der Waals surface area contributed by atoms with E-state index in [0.29, 0.717) is 38.3 Å². The molecule has 1 unspecified atom stereocenters. The van der Waals surface area contributed by atoms with E-state index in [4.69, 9.17) is 0 Å². The van der Waals surface area contributed by atoms with Crippen molar-refractivity contribution in [3.8, 4) is 0 Å². The van der Waals surface area contributed by atoms with Gasteiger partial charge in [-0.2, -0.15) is 0 Å². The highest BCUT2D eigenvalue weighted by atomic mass is 16.2. The van der Waals surface area contributed by atoms with E-state index < -0.39 is 6.04 Å². The average Bonchev–Trinajstić information content (AvgIpc) is 2.93. The quantitative estimate of drug-likeness (QED) is 0.253. The summed E-state index contributed by atoms with van der Waals surface area (Å²) in [7, 11) is 0. The molecule has 0 saturated carbocycles. The molecule has 196 valence electrons. The van der Waals surface area contributed by atoms with E-state index in [0.717, 1.165) is 22.3 Å². The lowest BCUT2D eigenvalue weighted by Gasteiger charge is -2.32. The highest BCUT2D eigenvalue weighted by molar-refractivity contribution is 5.89. The van der Waals surface area contributed by atoms with Gasteiger partial charge in [-0.1, -0.05) is 116 Å². The third kappa shape index (κ3) is 7.32. The number of rotatable bonds is 11. The smallest absolute Gasteiger partial charge is 0.243 e. The fraction of sp³-hybridized carbons (Fsp3) is 0.294. The molecule has 0 aromatic heterocycles. The molecule has 0 spiro atoms. The van der Waals surface area contributed by atoms with Crippen molar-refractivity contribution in [2.45, 2.75) is 52.6 Å². The first-order chi connectivity index (χ1) is 18.4. The minimum atomic E-state index is -0.600. The van der Waals surface area contributed by atoms with Crippen LogP contribution in [0.5, 0.6) is 0 Å². The molecule has 0 radical (unpaired) electrons. The largest absolute Gasteiger partial charge is 0.354 e. The number of carbonyl (C=O) groups is 2. The van der Waals surface area contributed by atoms with E-state index in [-0.39, 0.29) is 11.8 Å². The van der Waals surface area contributed by atoms with Crippen molar-refractivity contribution in [3.05, 3.63) is 119 Å². The van der Waals surface area contributed by atoms with E-state index in [1.807, 2.05) is 60.7 Å². The van der Waals surface area contributed by atoms with E-state index in [2.05, 4.69) is 62.5 Å². The molecule has 38 heavy (non-hydrogen) atoms. The van der Waals surface area contributed by atoms with Crippen LogP contribution in [0.1, 0.15) is 42.5 Å². The molecule has 0 aliphatic carbocycles. The predicted octanol–water partition coefficient (Wildman–Crippen LogP) is 6.49. The molecule has 1 N–H and O–H groups in total. The SMILES string of the molecule is Cc1ccc(CN(C(=O)CCc2cccc3ccccc23)C(Cc2ccccc2)C(=O)NCC(C)C)cc1. The Hall–Kier alpha value is -3.92. The summed E-state index contributed by atoms with van der Waals surface area (Å²) in [6.45, 7) is 7.17. The second-order valence-electron chi connectivity index (χ2n) is 10.5. The second kappa shape index (κ2) is 13.0. The highest BCUT2D eigenvalue weighted by Crippen LogP contribution is 2.22. The van der Waals surface area contributed by atoms with Crippen LogP contribution in [-0.2, 0) is 29.0 Å². The Balaban J connectivity index is 1.63. The Bertz CT molecular complexity index is 1340. The van der Waals surface area contributed by atoms with Crippen molar-refractivity contribution in [1.29, 1.82) is 0 Å². The molecule has 0 saturated heterocycles. The Morgan fingerprint density at radius 1 is 0.789 bits per heavy atom. The molecule has 4 nitrogen and oxygen atoms in total. The van der Waals surface area contributed by atoms with Gasteiger partial charge in [0.2, 0.25) is 11.8 Å². The predicted molar refractivity (Wildman–Crippen MR) is 156 cm³/mol. The molecular weight excluding hydrogens is 468 g/mol. The summed E-state index contributed by atoms with van der Waals surface area (Å²) in [5, 5.41) is 5.44. The van der Waals surface area contributed by atoms with Gasteiger partial charge >= 0.3 is 0 Å². The molecule has 4 heteroatoms. The van der Waals surface area contributed by atoms with Crippen LogP contribution in [0.25, 0.3) is 10.8 Å². The first-order valence-corrected chi connectivity index (χ1v) is 13.5. The molecular formula is C34H38N2O2. The molecule has 1 atom stereocenters. The van der Waals surface area contributed by atoms with E-state index >= 15 is 0 Å². The zero-order chi connectivity index (χ0) is 26.9. The van der Waals surface area contributed by atoms with Gasteiger partial charge < -0.3 is 10.2 Å². The Morgan fingerprint density at radius 2 is 1.47 bits per heavy atom. The van der Waals surface area contributed by atoms with Gasteiger partial charge in [-0.25, -0.2) is 0 Å². The molecule has 4 aromatic rings. The lowest BCUT2D eigenvalue weighted by molar-refractivity contribution is -0.141. The van der Waals surface area contributed by atoms with E-state index in [1.165, 1.54) is 10.8 Å². The summed E-state index contributed by atoms with van der Waals surface area (Å²) in [5.41, 5.74) is 4.37. The van der Waals surface area contributed by atoms with Crippen LogP contribution in [0.15, 0.2) is 97.1 Å². The molecule has 4 rings (SSSR count). The Kier molecular flexibility index (Phi) is 9.31. The number of hydrogen-bond donors (Lipinski definition) is 1. The van der Waals surface area contributed by atoms with Crippen molar-refractivity contribution < 1.29 is 9.59 Å². The average molecular weight is 507 g/mol. The fourth-order valence-electron chi connectivity index (χ4n) is 4.76. The number of hydrogen-bond acceptors (Lipinski definition) is 2. The van der Waals surface area contributed by atoms with E-state index in [9.17, 15) is 9.59 Å². The summed E-state index contributed by atoms with van der Waals surface area (Å²) in [5.74, 6) is 0.205. The third-order valence-corrected chi connectivity index (χ3v) is 6.92. The van der Waals surface area contributed by atoms with Crippen molar-refractivity contribution in [2.75, 3.05) is 6.54 Å². The van der Waals surface area contributed by atoms with Crippen molar-refractivity contribution in [2.24, 2.45) is 5.92 Å². The zero-order valence-electron chi connectivity index (χ0n) is 22.7. The zero-order valence-corrected chi connectivity index (χ0v) is 22.7. The summed E-state index contributed by atoms with van der Waals surface area (Å²) in [6, 6.07) is 32.1. The maximum Gasteiger partial charge on any atom is 0.243 e. The number of nitrogens with one attached hydrogen (secondary N) is 1. The van der Waals surface area contributed by atoms with Gasteiger partial charge in [0.25, 0.3) is 0 Å². The fourth-order valence-corrected chi connectivity index (χ4v) is 4.76. The van der Waals surface area contributed by atoms with Gasteiger partial charge in [0.1, 0.15) is 6.04 Å². The minimum Gasteiger partial charge on any atom is -0.354 e. The van der Waals surface area contributed by atoms with Crippen LogP contribution in [0.4, 0.5) is 0 Å². The van der Waals surface area contributed by atoms with Gasteiger partial charge in [0.15, 0.2) is 0 Å². The van der Waals surface area contributed by atoms with Gasteiger partial charge in [-0.3, -0.25) is 9.59 Å². The van der Waals surface area contributed by atoms with Crippen LogP contribution in [-0.4, -0.2) is 29.3 Å². The topological polar surface area (TPSA) is 49.4 Å². The molecule has 0 heterocycles. The summed E-state index contributed by atoms with van der Waals surface area (Å²) >= 11 is 0.